The van der Waals surface area contributed by atoms with E-state index in [4.69, 9.17) is 25.8 Å². The van der Waals surface area contributed by atoms with Gasteiger partial charge in [-0.3, -0.25) is 0 Å². The summed E-state index contributed by atoms with van der Waals surface area (Å²) < 4.78 is 31.6. The molecule has 0 aliphatic carbocycles. The molecule has 0 saturated carbocycles. The molecule has 4 nitrogen and oxygen atoms in total. The molecule has 1 N–H and O–H groups in total. The highest BCUT2D eigenvalue weighted by molar-refractivity contribution is 6.31. The van der Waals surface area contributed by atoms with E-state index < -0.39 is 6.10 Å². The zero-order valence-corrected chi connectivity index (χ0v) is 20.5. The van der Waals surface area contributed by atoms with Crippen molar-refractivity contribution in [2.45, 2.75) is 44.8 Å². The fraction of sp³-hybridized carbons (Fsp3) is 0.310. The fourth-order valence-corrected chi connectivity index (χ4v) is 4.81. The van der Waals surface area contributed by atoms with Crippen LogP contribution in [-0.2, 0) is 11.2 Å². The summed E-state index contributed by atoms with van der Waals surface area (Å²) in [5.41, 5.74) is 4.15. The molecule has 6 heteroatoms. The normalized spacial score (nSPS) is 15.3. The maximum atomic E-state index is 13.6. The topological polar surface area (TPSA) is 43.5 Å². The fourth-order valence-electron chi connectivity index (χ4n) is 4.63. The van der Waals surface area contributed by atoms with Crippen LogP contribution in [0.25, 0.3) is 10.9 Å². The number of halogens is 2. The molecule has 2 heterocycles. The zero-order chi connectivity index (χ0) is 24.2. The van der Waals surface area contributed by atoms with Gasteiger partial charge in [-0.2, -0.15) is 0 Å². The highest BCUT2D eigenvalue weighted by atomic mass is 35.5. The molecule has 0 bridgehead atoms. The van der Waals surface area contributed by atoms with Crippen molar-refractivity contribution in [2.24, 2.45) is 0 Å². The van der Waals surface area contributed by atoms with Crippen LogP contribution < -0.4 is 9.47 Å². The minimum absolute atomic E-state index is 0.176. The van der Waals surface area contributed by atoms with Gasteiger partial charge in [-0.15, -0.1) is 0 Å². The molecular weight excluding hydrogens is 465 g/mol. The van der Waals surface area contributed by atoms with Crippen LogP contribution in [0.15, 0.2) is 66.7 Å². The number of aromatic nitrogens is 1. The van der Waals surface area contributed by atoms with Gasteiger partial charge in [0.1, 0.15) is 23.4 Å². The van der Waals surface area contributed by atoms with Gasteiger partial charge in [0.2, 0.25) is 0 Å². The molecular formula is C29H29ClFNO3. The molecule has 1 unspecified atom stereocenters. The van der Waals surface area contributed by atoms with Crippen LogP contribution in [0.3, 0.4) is 0 Å². The van der Waals surface area contributed by atoms with Crippen LogP contribution in [0, 0.1) is 5.82 Å². The highest BCUT2D eigenvalue weighted by Gasteiger charge is 2.24. The lowest BCUT2D eigenvalue weighted by Crippen LogP contribution is -2.25. The smallest absolute Gasteiger partial charge is 0.164 e. The number of hydrogen-bond acceptors (Lipinski definition) is 3. The third-order valence-electron chi connectivity index (χ3n) is 6.38. The molecule has 1 aliphatic rings. The van der Waals surface area contributed by atoms with Crippen LogP contribution >= 0.6 is 11.6 Å². The second-order valence-electron chi connectivity index (χ2n) is 8.91. The summed E-state index contributed by atoms with van der Waals surface area (Å²) in [6.07, 6.45) is 3.42. The summed E-state index contributed by atoms with van der Waals surface area (Å²) in [5.74, 6) is 1.13. The molecule has 4 aromatic rings. The Morgan fingerprint density at radius 3 is 2.43 bits per heavy atom. The summed E-state index contributed by atoms with van der Waals surface area (Å²) >= 11 is 6.34. The van der Waals surface area contributed by atoms with Crippen molar-refractivity contribution in [3.8, 4) is 11.5 Å². The molecule has 3 aromatic carbocycles. The number of ether oxygens (including phenoxy) is 3. The minimum atomic E-state index is -0.412. The molecule has 1 fully saturated rings. The summed E-state index contributed by atoms with van der Waals surface area (Å²) in [6, 6.07) is 20.1. The van der Waals surface area contributed by atoms with E-state index in [9.17, 15) is 4.39 Å². The van der Waals surface area contributed by atoms with E-state index in [0.29, 0.717) is 10.8 Å². The van der Waals surface area contributed by atoms with Crippen LogP contribution in [0.5, 0.6) is 11.5 Å². The number of aromatic amines is 1. The Kier molecular flexibility index (Phi) is 7.26. The van der Waals surface area contributed by atoms with Crippen LogP contribution in [0.1, 0.15) is 49.1 Å². The van der Waals surface area contributed by atoms with Gasteiger partial charge in [-0.05, 0) is 72.1 Å². The van der Waals surface area contributed by atoms with Gasteiger partial charge in [-0.25, -0.2) is 4.39 Å². The van der Waals surface area contributed by atoms with Crippen molar-refractivity contribution >= 4 is 22.5 Å². The quantitative estimate of drug-likeness (QED) is 0.274. The number of H-pyrrole nitrogens is 1. The van der Waals surface area contributed by atoms with Crippen molar-refractivity contribution in [3.05, 3.63) is 94.4 Å². The Bertz CT molecular complexity index is 1260. The molecule has 0 radical (unpaired) electrons. The second-order valence-corrected chi connectivity index (χ2v) is 9.34. The van der Waals surface area contributed by atoms with Gasteiger partial charge in [-0.1, -0.05) is 37.1 Å². The summed E-state index contributed by atoms with van der Waals surface area (Å²) in [6.45, 7) is 3.63. The number of hydrogen-bond donors (Lipinski definition) is 1. The Morgan fingerprint density at radius 2 is 1.71 bits per heavy atom. The Morgan fingerprint density at radius 1 is 1.00 bits per heavy atom. The highest BCUT2D eigenvalue weighted by Crippen LogP contribution is 2.36. The zero-order valence-electron chi connectivity index (χ0n) is 19.7. The van der Waals surface area contributed by atoms with E-state index in [-0.39, 0.29) is 11.9 Å². The van der Waals surface area contributed by atoms with E-state index in [2.05, 4.69) is 11.9 Å². The molecule has 0 amide bonds. The average Bonchev–Trinajstić information content (AvgIpc) is 3.22. The van der Waals surface area contributed by atoms with Crippen molar-refractivity contribution in [2.75, 3.05) is 13.2 Å². The third kappa shape index (κ3) is 5.47. The van der Waals surface area contributed by atoms with Crippen molar-refractivity contribution in [1.82, 2.24) is 4.98 Å². The Balaban J connectivity index is 1.52. The number of fused-ring (bicyclic) bond motifs is 1. The van der Waals surface area contributed by atoms with E-state index >= 15 is 0 Å². The molecule has 5 rings (SSSR count). The van der Waals surface area contributed by atoms with Crippen molar-refractivity contribution in [1.29, 1.82) is 0 Å². The summed E-state index contributed by atoms with van der Waals surface area (Å²) in [4.78, 5) is 3.58. The van der Waals surface area contributed by atoms with Gasteiger partial charge < -0.3 is 19.2 Å². The molecule has 35 heavy (non-hydrogen) atoms. The molecule has 1 aliphatic heterocycles. The van der Waals surface area contributed by atoms with E-state index in [0.717, 1.165) is 66.8 Å². The first-order valence-electron chi connectivity index (χ1n) is 12.2. The van der Waals surface area contributed by atoms with E-state index in [1.165, 1.54) is 17.7 Å². The average molecular weight is 494 g/mol. The van der Waals surface area contributed by atoms with Gasteiger partial charge >= 0.3 is 0 Å². The summed E-state index contributed by atoms with van der Waals surface area (Å²) in [5, 5.41) is 1.80. The van der Waals surface area contributed by atoms with Crippen LogP contribution in [0.4, 0.5) is 4.39 Å². The van der Waals surface area contributed by atoms with Gasteiger partial charge in [0.15, 0.2) is 6.10 Å². The van der Waals surface area contributed by atoms with Crippen LogP contribution in [0.2, 0.25) is 5.02 Å². The first-order chi connectivity index (χ1) is 17.1. The lowest BCUT2D eigenvalue weighted by molar-refractivity contribution is 0.0255. The van der Waals surface area contributed by atoms with Crippen LogP contribution in [-0.4, -0.2) is 24.3 Å². The van der Waals surface area contributed by atoms with Gasteiger partial charge in [0.05, 0.1) is 18.9 Å². The number of rotatable bonds is 8. The molecule has 182 valence electrons. The van der Waals surface area contributed by atoms with E-state index in [1.54, 1.807) is 12.1 Å². The SMILES string of the molecule is CCCc1c(C(Oc2ccc(F)cc2)c2ccc(OC3CCOCC3)cc2)[nH]c2ccc(Cl)cc12. The molecule has 1 saturated heterocycles. The standard InChI is InChI=1S/C29H29ClFNO3/c1-2-3-25-26-18-20(30)6-13-27(26)32-28(25)29(35-23-11-7-21(31)8-12-23)19-4-9-22(10-5-19)34-24-14-16-33-17-15-24/h4-13,18,24,29,32H,2-3,14-17H2,1H3. The third-order valence-corrected chi connectivity index (χ3v) is 6.62. The maximum absolute atomic E-state index is 13.6. The Hall–Kier alpha value is -3.02. The lowest BCUT2D eigenvalue weighted by Gasteiger charge is -2.24. The van der Waals surface area contributed by atoms with E-state index in [1.807, 2.05) is 42.5 Å². The number of benzene rings is 3. The number of nitrogens with one attached hydrogen (secondary N) is 1. The second kappa shape index (κ2) is 10.7. The summed E-state index contributed by atoms with van der Waals surface area (Å²) in [7, 11) is 0. The lowest BCUT2D eigenvalue weighted by atomic mass is 9.98. The molecule has 0 spiro atoms. The van der Waals surface area contributed by atoms with Crippen molar-refractivity contribution in [3.63, 3.8) is 0 Å². The molecule has 1 aromatic heterocycles. The minimum Gasteiger partial charge on any atom is -0.490 e. The largest absolute Gasteiger partial charge is 0.490 e. The van der Waals surface area contributed by atoms with Crippen molar-refractivity contribution < 1.29 is 18.6 Å². The van der Waals surface area contributed by atoms with Gasteiger partial charge in [0.25, 0.3) is 0 Å². The predicted molar refractivity (Wildman–Crippen MR) is 137 cm³/mol. The maximum Gasteiger partial charge on any atom is 0.164 e. The Labute approximate surface area is 210 Å². The number of aryl methyl sites for hydroxylation is 1. The monoisotopic (exact) mass is 493 g/mol. The first-order valence-corrected chi connectivity index (χ1v) is 12.5. The predicted octanol–water partition coefficient (Wildman–Crippen LogP) is 7.64. The van der Waals surface area contributed by atoms with Gasteiger partial charge in [0, 0.05) is 28.8 Å². The molecule has 1 atom stereocenters. The first kappa shape index (κ1) is 23.7.